The van der Waals surface area contributed by atoms with Gasteiger partial charge in [0.1, 0.15) is 5.75 Å². The molecule has 0 unspecified atom stereocenters. The van der Waals surface area contributed by atoms with Crippen LogP contribution in [0.25, 0.3) is 0 Å². The van der Waals surface area contributed by atoms with Gasteiger partial charge in [0.25, 0.3) is 0 Å². The van der Waals surface area contributed by atoms with E-state index in [-0.39, 0.29) is 0 Å². The molecule has 94 valence electrons. The number of hydrogen-bond donors (Lipinski definition) is 0. The van der Waals surface area contributed by atoms with Gasteiger partial charge >= 0.3 is 0 Å². The predicted octanol–water partition coefficient (Wildman–Crippen LogP) is 2.78. The maximum Gasteiger partial charge on any atom is 0.179 e. The first kappa shape index (κ1) is 12.9. The minimum atomic E-state index is -0.473. The van der Waals surface area contributed by atoms with Crippen molar-refractivity contribution in [2.45, 2.75) is 12.5 Å². The van der Waals surface area contributed by atoms with Crippen molar-refractivity contribution in [3.8, 4) is 5.75 Å². The van der Waals surface area contributed by atoms with Crippen LogP contribution in [0.2, 0.25) is 6.04 Å². The molecule has 0 radical (unpaired) electrons. The molecular weight excluding hydrogens is 240 g/mol. The van der Waals surface area contributed by atoms with Crippen molar-refractivity contribution in [1.29, 1.82) is 0 Å². The molecule has 0 aliphatic carbocycles. The van der Waals surface area contributed by atoms with Crippen LogP contribution in [0.4, 0.5) is 0 Å². The van der Waals surface area contributed by atoms with Crippen molar-refractivity contribution in [3.63, 3.8) is 0 Å². The molecule has 2 rings (SSSR count). The molecule has 0 heterocycles. The number of rotatable bonds is 7. The van der Waals surface area contributed by atoms with E-state index in [1.165, 1.54) is 5.56 Å². The largest absolute Gasteiger partial charge is 0.469 e. The summed E-state index contributed by atoms with van der Waals surface area (Å²) in [6.45, 7) is 0.380. The average Bonchev–Trinajstić information content (AvgIpc) is 2.45. The molecule has 2 aromatic carbocycles. The van der Waals surface area contributed by atoms with Gasteiger partial charge in [-0.25, -0.2) is 0 Å². The van der Waals surface area contributed by atoms with Crippen LogP contribution in [0.1, 0.15) is 5.56 Å². The summed E-state index contributed by atoms with van der Waals surface area (Å²) in [6, 6.07) is 21.5. The Balaban J connectivity index is 1.54. The maximum absolute atomic E-state index is 5.58. The van der Waals surface area contributed by atoms with Crippen molar-refractivity contribution in [1.82, 2.24) is 0 Å². The molecule has 3 heteroatoms. The van der Waals surface area contributed by atoms with Crippen LogP contribution >= 0.6 is 0 Å². The molecule has 0 spiro atoms. The fraction of sp³-hybridized carbons (Fsp3) is 0.200. The highest BCUT2D eigenvalue weighted by Crippen LogP contribution is 2.08. The van der Waals surface area contributed by atoms with Gasteiger partial charge in [0.15, 0.2) is 16.6 Å². The monoisotopic (exact) mass is 258 g/mol. The Bertz CT molecular complexity index is 387. The SMILES string of the molecule is c1ccc(CC[SiH2]OCOc2ccccc2)cc1. The standard InChI is InChI=1S/C15H18O2Si/c1-3-7-14(8-4-1)11-12-18-17-13-16-15-9-5-2-6-10-15/h1-10H,11-13,18H2. The second-order valence-electron chi connectivity index (χ2n) is 4.07. The second kappa shape index (κ2) is 7.69. The summed E-state index contributed by atoms with van der Waals surface area (Å²) in [5, 5.41) is 0. The zero-order valence-electron chi connectivity index (χ0n) is 10.4. The van der Waals surface area contributed by atoms with Crippen LogP contribution < -0.4 is 4.74 Å². The lowest BCUT2D eigenvalue weighted by Gasteiger charge is -2.06. The minimum absolute atomic E-state index is 0.380. The topological polar surface area (TPSA) is 18.5 Å². The lowest BCUT2D eigenvalue weighted by Crippen LogP contribution is -2.07. The summed E-state index contributed by atoms with van der Waals surface area (Å²) in [6.07, 6.45) is 1.11. The molecule has 2 aromatic rings. The Morgan fingerprint density at radius 1 is 0.833 bits per heavy atom. The fourth-order valence-corrected chi connectivity index (χ4v) is 2.67. The molecule has 0 saturated heterocycles. The zero-order valence-corrected chi connectivity index (χ0v) is 11.8. The first-order valence-corrected chi connectivity index (χ1v) is 7.82. The van der Waals surface area contributed by atoms with Gasteiger partial charge in [-0.05, 0) is 30.2 Å². The van der Waals surface area contributed by atoms with Crippen LogP contribution in [0.3, 0.4) is 0 Å². The van der Waals surface area contributed by atoms with Gasteiger partial charge in [-0.2, -0.15) is 0 Å². The van der Waals surface area contributed by atoms with Gasteiger partial charge < -0.3 is 9.16 Å². The van der Waals surface area contributed by atoms with E-state index in [1.54, 1.807) is 0 Å². The first-order chi connectivity index (χ1) is 8.95. The minimum Gasteiger partial charge on any atom is -0.469 e. The fourth-order valence-electron chi connectivity index (χ4n) is 1.71. The quantitative estimate of drug-likeness (QED) is 0.432. The molecule has 0 aliphatic heterocycles. The Morgan fingerprint density at radius 3 is 2.22 bits per heavy atom. The Hall–Kier alpha value is -1.58. The van der Waals surface area contributed by atoms with Crippen LogP contribution in [-0.4, -0.2) is 16.6 Å². The van der Waals surface area contributed by atoms with E-state index in [0.29, 0.717) is 6.79 Å². The Labute approximate surface area is 111 Å². The van der Waals surface area contributed by atoms with E-state index in [9.17, 15) is 0 Å². The Kier molecular flexibility index (Phi) is 5.49. The van der Waals surface area contributed by atoms with Crippen LogP contribution in [0.5, 0.6) is 5.75 Å². The van der Waals surface area contributed by atoms with Crippen LogP contribution in [0, 0.1) is 0 Å². The van der Waals surface area contributed by atoms with Gasteiger partial charge in [-0.1, -0.05) is 48.5 Å². The number of aryl methyl sites for hydroxylation is 1. The van der Waals surface area contributed by atoms with Crippen LogP contribution in [-0.2, 0) is 10.8 Å². The third kappa shape index (κ3) is 4.73. The number of hydrogen-bond acceptors (Lipinski definition) is 2. The molecule has 18 heavy (non-hydrogen) atoms. The molecule has 0 aromatic heterocycles. The van der Waals surface area contributed by atoms with E-state index < -0.39 is 9.76 Å². The summed E-state index contributed by atoms with van der Waals surface area (Å²) in [4.78, 5) is 0. The molecule has 0 bridgehead atoms. The molecule has 0 atom stereocenters. The summed E-state index contributed by atoms with van der Waals surface area (Å²) in [5.74, 6) is 0.870. The number of para-hydroxylation sites is 1. The highest BCUT2D eigenvalue weighted by atomic mass is 28.2. The average molecular weight is 258 g/mol. The molecule has 0 N–H and O–H groups in total. The number of ether oxygens (including phenoxy) is 1. The smallest absolute Gasteiger partial charge is 0.179 e. The van der Waals surface area contributed by atoms with E-state index >= 15 is 0 Å². The van der Waals surface area contributed by atoms with Gasteiger partial charge in [-0.3, -0.25) is 0 Å². The molecule has 0 amide bonds. The van der Waals surface area contributed by atoms with Crippen molar-refractivity contribution in [3.05, 3.63) is 66.2 Å². The third-order valence-corrected chi connectivity index (χ3v) is 3.75. The summed E-state index contributed by atoms with van der Waals surface area (Å²) in [7, 11) is -0.473. The van der Waals surface area contributed by atoms with Gasteiger partial charge in [0.05, 0.1) is 0 Å². The molecule has 0 fully saturated rings. The van der Waals surface area contributed by atoms with E-state index in [2.05, 4.69) is 24.3 Å². The Morgan fingerprint density at radius 2 is 1.50 bits per heavy atom. The lowest BCUT2D eigenvalue weighted by molar-refractivity contribution is 0.124. The lowest BCUT2D eigenvalue weighted by atomic mass is 10.2. The number of benzene rings is 2. The van der Waals surface area contributed by atoms with Crippen LogP contribution in [0.15, 0.2) is 60.7 Å². The predicted molar refractivity (Wildman–Crippen MR) is 76.5 cm³/mol. The summed E-state index contributed by atoms with van der Waals surface area (Å²) >= 11 is 0. The zero-order chi connectivity index (χ0) is 12.5. The summed E-state index contributed by atoms with van der Waals surface area (Å²) in [5.41, 5.74) is 1.39. The van der Waals surface area contributed by atoms with E-state index in [4.69, 9.17) is 9.16 Å². The van der Waals surface area contributed by atoms with Gasteiger partial charge in [0, 0.05) is 0 Å². The van der Waals surface area contributed by atoms with Crippen molar-refractivity contribution < 1.29 is 9.16 Å². The van der Waals surface area contributed by atoms with Gasteiger partial charge in [-0.15, -0.1) is 0 Å². The van der Waals surface area contributed by atoms with Crippen molar-refractivity contribution in [2.24, 2.45) is 0 Å². The molecular formula is C15H18O2Si. The summed E-state index contributed by atoms with van der Waals surface area (Å²) < 4.78 is 11.0. The molecule has 2 nitrogen and oxygen atoms in total. The second-order valence-corrected chi connectivity index (χ2v) is 5.60. The highest BCUT2D eigenvalue weighted by molar-refractivity contribution is 6.27. The van der Waals surface area contributed by atoms with Gasteiger partial charge in [0.2, 0.25) is 0 Å². The van der Waals surface area contributed by atoms with Crippen molar-refractivity contribution in [2.75, 3.05) is 6.79 Å². The third-order valence-electron chi connectivity index (χ3n) is 2.65. The van der Waals surface area contributed by atoms with E-state index in [1.807, 2.05) is 36.4 Å². The first-order valence-electron chi connectivity index (χ1n) is 6.25. The molecule has 0 saturated carbocycles. The molecule has 0 aliphatic rings. The highest BCUT2D eigenvalue weighted by Gasteiger charge is 1.94. The maximum atomic E-state index is 5.58. The van der Waals surface area contributed by atoms with Crippen molar-refractivity contribution >= 4 is 9.76 Å². The normalized spacial score (nSPS) is 10.9. The van der Waals surface area contributed by atoms with E-state index in [0.717, 1.165) is 18.2 Å².